The van der Waals surface area contributed by atoms with Gasteiger partial charge in [-0.05, 0) is 46.0 Å². The molecule has 0 saturated heterocycles. The topological polar surface area (TPSA) is 57.3 Å². The van der Waals surface area contributed by atoms with Crippen LogP contribution in [0, 0.1) is 0 Å². The van der Waals surface area contributed by atoms with Gasteiger partial charge in [0.15, 0.2) is 0 Å². The first-order chi connectivity index (χ1) is 9.04. The zero-order valence-corrected chi connectivity index (χ0v) is 12.2. The lowest BCUT2D eigenvalue weighted by molar-refractivity contribution is 0.0951. The highest BCUT2D eigenvalue weighted by Crippen LogP contribution is 2.03. The maximum absolute atomic E-state index is 11.8. The third-order valence-corrected chi connectivity index (χ3v) is 3.14. The van der Waals surface area contributed by atoms with Crippen molar-refractivity contribution in [3.63, 3.8) is 0 Å². The van der Waals surface area contributed by atoms with E-state index in [0.29, 0.717) is 18.2 Å². The molecule has 1 aromatic heterocycles. The Bertz CT molecular complexity index is 389. The molecule has 5 nitrogen and oxygen atoms in total. The van der Waals surface area contributed by atoms with Gasteiger partial charge in [0.1, 0.15) is 5.82 Å². The van der Waals surface area contributed by atoms with E-state index in [1.54, 1.807) is 25.4 Å². The number of carbonyl (C=O) groups excluding carboxylic acids is 1. The maximum atomic E-state index is 11.8. The number of hydrogen-bond acceptors (Lipinski definition) is 4. The van der Waals surface area contributed by atoms with Crippen molar-refractivity contribution < 1.29 is 4.79 Å². The van der Waals surface area contributed by atoms with E-state index >= 15 is 0 Å². The summed E-state index contributed by atoms with van der Waals surface area (Å²) in [7, 11) is 3.89. The molecule has 1 amide bonds. The van der Waals surface area contributed by atoms with E-state index in [2.05, 4.69) is 41.4 Å². The highest BCUT2D eigenvalue weighted by molar-refractivity contribution is 5.93. The number of rotatable bonds is 7. The number of amides is 1. The number of hydrogen-bond donors (Lipinski definition) is 2. The molecule has 0 aromatic carbocycles. The molecule has 5 heteroatoms. The first kappa shape index (κ1) is 15.4. The first-order valence-electron chi connectivity index (χ1n) is 6.67. The maximum Gasteiger partial charge on any atom is 0.252 e. The van der Waals surface area contributed by atoms with E-state index in [1.807, 2.05) is 0 Å². The predicted molar refractivity (Wildman–Crippen MR) is 78.5 cm³/mol. The smallest absolute Gasteiger partial charge is 0.252 e. The van der Waals surface area contributed by atoms with Gasteiger partial charge < -0.3 is 15.5 Å². The Kier molecular flexibility index (Phi) is 6.29. The molecule has 0 saturated carbocycles. The summed E-state index contributed by atoms with van der Waals surface area (Å²) >= 11 is 0. The van der Waals surface area contributed by atoms with Gasteiger partial charge in [-0.2, -0.15) is 0 Å². The largest absolute Gasteiger partial charge is 0.373 e. The Balaban J connectivity index is 2.31. The molecule has 0 bridgehead atoms. The highest BCUT2D eigenvalue weighted by atomic mass is 16.1. The summed E-state index contributed by atoms with van der Waals surface area (Å²) in [5.74, 6) is 0.692. The summed E-state index contributed by atoms with van der Waals surface area (Å²) in [6.45, 7) is 5.99. The predicted octanol–water partition coefficient (Wildman–Crippen LogP) is 1.58. The van der Waals surface area contributed by atoms with Crippen molar-refractivity contribution in [3.05, 3.63) is 23.9 Å². The van der Waals surface area contributed by atoms with Crippen LogP contribution in [0.3, 0.4) is 0 Å². The fourth-order valence-electron chi connectivity index (χ4n) is 1.57. The lowest BCUT2D eigenvalue weighted by Gasteiger charge is -2.20. The number of aromatic nitrogens is 1. The first-order valence-corrected chi connectivity index (χ1v) is 6.67. The Morgan fingerprint density at radius 1 is 1.42 bits per heavy atom. The second-order valence-electron chi connectivity index (χ2n) is 4.87. The van der Waals surface area contributed by atoms with Gasteiger partial charge >= 0.3 is 0 Å². The fourth-order valence-corrected chi connectivity index (χ4v) is 1.57. The van der Waals surface area contributed by atoms with Gasteiger partial charge in [0.05, 0.1) is 5.56 Å². The van der Waals surface area contributed by atoms with Crippen molar-refractivity contribution in [2.75, 3.05) is 32.5 Å². The van der Waals surface area contributed by atoms with Crippen LogP contribution in [0.15, 0.2) is 18.3 Å². The molecule has 106 valence electrons. The van der Waals surface area contributed by atoms with Gasteiger partial charge in [0.25, 0.3) is 5.91 Å². The van der Waals surface area contributed by atoms with Crippen LogP contribution in [0.2, 0.25) is 0 Å². The second-order valence-corrected chi connectivity index (χ2v) is 4.87. The van der Waals surface area contributed by atoms with Crippen LogP contribution in [0.4, 0.5) is 5.82 Å². The molecular weight excluding hydrogens is 240 g/mol. The SMILES string of the molecule is CNc1ccc(C(=O)NCCCN(C)C(C)C)cn1. The molecule has 1 rings (SSSR count). The summed E-state index contributed by atoms with van der Waals surface area (Å²) in [6, 6.07) is 4.10. The zero-order valence-electron chi connectivity index (χ0n) is 12.2. The van der Waals surface area contributed by atoms with Crippen LogP contribution in [0.5, 0.6) is 0 Å². The Morgan fingerprint density at radius 3 is 2.68 bits per heavy atom. The molecule has 0 fully saturated rings. The molecule has 0 aliphatic heterocycles. The minimum atomic E-state index is -0.0673. The molecule has 0 radical (unpaired) electrons. The molecule has 0 unspecified atom stereocenters. The third-order valence-electron chi connectivity index (χ3n) is 3.14. The van der Waals surface area contributed by atoms with Gasteiger partial charge in [0, 0.05) is 25.8 Å². The summed E-state index contributed by atoms with van der Waals surface area (Å²) < 4.78 is 0. The van der Waals surface area contributed by atoms with Crippen molar-refractivity contribution in [1.29, 1.82) is 0 Å². The molecular formula is C14H24N4O. The summed E-state index contributed by atoms with van der Waals surface area (Å²) in [4.78, 5) is 18.2. The number of nitrogens with zero attached hydrogens (tertiary/aromatic N) is 2. The van der Waals surface area contributed by atoms with E-state index in [1.165, 1.54) is 0 Å². The van der Waals surface area contributed by atoms with Crippen LogP contribution in [0.25, 0.3) is 0 Å². The van der Waals surface area contributed by atoms with Crippen molar-refractivity contribution >= 4 is 11.7 Å². The Morgan fingerprint density at radius 2 is 2.16 bits per heavy atom. The standard InChI is InChI=1S/C14H24N4O/c1-11(2)18(4)9-5-8-16-14(19)12-6-7-13(15-3)17-10-12/h6-7,10-11H,5,8-9H2,1-4H3,(H,15,17)(H,16,19). The number of nitrogens with one attached hydrogen (secondary N) is 2. The average molecular weight is 264 g/mol. The summed E-state index contributed by atoms with van der Waals surface area (Å²) in [6.07, 6.45) is 2.53. The van der Waals surface area contributed by atoms with Gasteiger partial charge in [-0.25, -0.2) is 4.98 Å². The highest BCUT2D eigenvalue weighted by Gasteiger charge is 2.06. The average Bonchev–Trinajstić information content (AvgIpc) is 2.43. The number of pyridine rings is 1. The van der Waals surface area contributed by atoms with Crippen LogP contribution in [-0.2, 0) is 0 Å². The number of anilines is 1. The van der Waals surface area contributed by atoms with Gasteiger partial charge in [0.2, 0.25) is 0 Å². The normalized spacial score (nSPS) is 10.8. The lowest BCUT2D eigenvalue weighted by atomic mass is 10.2. The lowest BCUT2D eigenvalue weighted by Crippen LogP contribution is -2.31. The monoisotopic (exact) mass is 264 g/mol. The quantitative estimate of drug-likeness (QED) is 0.734. The van der Waals surface area contributed by atoms with Gasteiger partial charge in [-0.1, -0.05) is 0 Å². The van der Waals surface area contributed by atoms with E-state index < -0.39 is 0 Å². The molecule has 0 aliphatic carbocycles. The number of carbonyl (C=O) groups is 1. The minimum Gasteiger partial charge on any atom is -0.373 e. The van der Waals surface area contributed by atoms with Crippen molar-refractivity contribution in [2.24, 2.45) is 0 Å². The third kappa shape index (κ3) is 5.26. The van der Waals surface area contributed by atoms with Crippen LogP contribution in [0.1, 0.15) is 30.6 Å². The fraction of sp³-hybridized carbons (Fsp3) is 0.571. The van der Waals surface area contributed by atoms with Crippen molar-refractivity contribution in [2.45, 2.75) is 26.3 Å². The Labute approximate surface area is 115 Å². The van der Waals surface area contributed by atoms with Crippen LogP contribution < -0.4 is 10.6 Å². The molecule has 19 heavy (non-hydrogen) atoms. The van der Waals surface area contributed by atoms with Crippen LogP contribution >= 0.6 is 0 Å². The Hall–Kier alpha value is -1.62. The second kappa shape index (κ2) is 7.74. The van der Waals surface area contributed by atoms with Crippen molar-refractivity contribution in [3.8, 4) is 0 Å². The molecule has 1 heterocycles. The van der Waals surface area contributed by atoms with Crippen LogP contribution in [-0.4, -0.2) is 49.0 Å². The van der Waals surface area contributed by atoms with Crippen molar-refractivity contribution in [1.82, 2.24) is 15.2 Å². The van der Waals surface area contributed by atoms with Gasteiger partial charge in [-0.3, -0.25) is 4.79 Å². The summed E-state index contributed by atoms with van der Waals surface area (Å²) in [5, 5.41) is 5.82. The molecule has 0 atom stereocenters. The molecule has 1 aromatic rings. The minimum absolute atomic E-state index is 0.0673. The van der Waals surface area contributed by atoms with Gasteiger partial charge in [-0.15, -0.1) is 0 Å². The zero-order chi connectivity index (χ0) is 14.3. The molecule has 0 spiro atoms. The molecule has 0 aliphatic rings. The van der Waals surface area contributed by atoms with E-state index in [9.17, 15) is 4.79 Å². The molecule has 2 N–H and O–H groups in total. The van der Waals surface area contributed by atoms with E-state index in [4.69, 9.17) is 0 Å². The van der Waals surface area contributed by atoms with E-state index in [0.717, 1.165) is 18.8 Å². The summed E-state index contributed by atoms with van der Waals surface area (Å²) in [5.41, 5.74) is 0.594. The van der Waals surface area contributed by atoms with E-state index in [-0.39, 0.29) is 5.91 Å².